The Hall–Kier alpha value is -0.160. The van der Waals surface area contributed by atoms with Crippen molar-refractivity contribution in [1.29, 1.82) is 0 Å². The second-order valence-electron chi connectivity index (χ2n) is 6.16. The Bertz CT molecular complexity index is 197. The number of piperazine rings is 1. The van der Waals surface area contributed by atoms with Gasteiger partial charge in [0.25, 0.3) is 0 Å². The SMILES string of the molecule is CCC[NH+]1CCC([NH+]2CC[NH+](CCO)CC2)CC1. The van der Waals surface area contributed by atoms with E-state index in [2.05, 4.69) is 6.92 Å². The van der Waals surface area contributed by atoms with Crippen molar-refractivity contribution < 1.29 is 19.8 Å². The molecule has 0 amide bonds. The van der Waals surface area contributed by atoms with E-state index in [1.165, 1.54) is 65.1 Å². The van der Waals surface area contributed by atoms with E-state index in [4.69, 9.17) is 5.11 Å². The maximum absolute atomic E-state index is 8.98. The van der Waals surface area contributed by atoms with E-state index < -0.39 is 0 Å². The van der Waals surface area contributed by atoms with Crippen LogP contribution in [0.5, 0.6) is 0 Å². The fraction of sp³-hybridized carbons (Fsp3) is 1.00. The first kappa shape index (κ1) is 14.3. The lowest BCUT2D eigenvalue weighted by molar-refractivity contribution is -1.03. The Morgan fingerprint density at radius 2 is 1.50 bits per heavy atom. The highest BCUT2D eigenvalue weighted by Crippen LogP contribution is 1.95. The number of rotatable bonds is 5. The third kappa shape index (κ3) is 3.92. The summed E-state index contributed by atoms with van der Waals surface area (Å²) >= 11 is 0. The van der Waals surface area contributed by atoms with Crippen LogP contribution >= 0.6 is 0 Å². The van der Waals surface area contributed by atoms with Gasteiger partial charge in [0.2, 0.25) is 0 Å². The second kappa shape index (κ2) is 7.43. The summed E-state index contributed by atoms with van der Waals surface area (Å²) in [6.07, 6.45) is 4.19. The van der Waals surface area contributed by atoms with Crippen LogP contribution < -0.4 is 14.7 Å². The average molecular weight is 258 g/mol. The number of nitrogens with one attached hydrogen (secondary N) is 3. The molecule has 4 nitrogen and oxygen atoms in total. The maximum atomic E-state index is 8.98. The van der Waals surface area contributed by atoms with Gasteiger partial charge in [-0.15, -0.1) is 0 Å². The summed E-state index contributed by atoms with van der Waals surface area (Å²) in [6.45, 7) is 12.9. The van der Waals surface area contributed by atoms with Gasteiger partial charge in [0.15, 0.2) is 0 Å². The van der Waals surface area contributed by atoms with Crippen molar-refractivity contribution in [2.24, 2.45) is 0 Å². The molecule has 0 atom stereocenters. The van der Waals surface area contributed by atoms with Crippen LogP contribution in [0.15, 0.2) is 0 Å². The van der Waals surface area contributed by atoms with Crippen molar-refractivity contribution in [3.05, 3.63) is 0 Å². The lowest BCUT2D eigenvalue weighted by Gasteiger charge is -2.37. The summed E-state index contributed by atoms with van der Waals surface area (Å²) in [6, 6.07) is 0.932. The van der Waals surface area contributed by atoms with Gasteiger partial charge in [-0.3, -0.25) is 0 Å². The van der Waals surface area contributed by atoms with Crippen LogP contribution in [0.25, 0.3) is 0 Å². The first-order valence-electron chi connectivity index (χ1n) is 7.96. The van der Waals surface area contributed by atoms with E-state index in [0.29, 0.717) is 6.61 Å². The molecule has 0 aliphatic carbocycles. The van der Waals surface area contributed by atoms with E-state index in [9.17, 15) is 0 Å². The van der Waals surface area contributed by atoms with E-state index in [0.717, 1.165) is 12.6 Å². The van der Waals surface area contributed by atoms with Crippen molar-refractivity contribution in [2.75, 3.05) is 59.0 Å². The number of aliphatic hydroxyl groups is 1. The standard InChI is InChI=1S/C14H29N3O/c1-2-5-15-6-3-14(4-7-15)17-10-8-16(9-11-17)12-13-18/h14,18H,2-13H2,1H3/p+3. The molecule has 0 bridgehead atoms. The molecule has 0 aromatic carbocycles. The smallest absolute Gasteiger partial charge is 0.127 e. The Morgan fingerprint density at radius 3 is 2.06 bits per heavy atom. The van der Waals surface area contributed by atoms with Gasteiger partial charge in [0.05, 0.1) is 32.3 Å². The van der Waals surface area contributed by atoms with Crippen LogP contribution in [-0.2, 0) is 0 Å². The number of quaternary nitrogens is 3. The molecule has 0 aromatic rings. The number of hydrogen-bond donors (Lipinski definition) is 4. The molecular weight excluding hydrogens is 226 g/mol. The van der Waals surface area contributed by atoms with E-state index in [-0.39, 0.29) is 0 Å². The summed E-state index contributed by atoms with van der Waals surface area (Å²) in [5.74, 6) is 0. The molecule has 106 valence electrons. The molecule has 2 rings (SSSR count). The highest BCUT2D eigenvalue weighted by molar-refractivity contribution is 4.60. The highest BCUT2D eigenvalue weighted by Gasteiger charge is 2.33. The normalized spacial score (nSPS) is 37.7. The zero-order valence-corrected chi connectivity index (χ0v) is 12.0. The zero-order chi connectivity index (χ0) is 12.8. The molecular formula is C14H32N3O+3. The van der Waals surface area contributed by atoms with Crippen molar-refractivity contribution in [1.82, 2.24) is 0 Å². The molecule has 0 spiro atoms. The third-order valence-corrected chi connectivity index (χ3v) is 4.94. The first-order valence-corrected chi connectivity index (χ1v) is 7.96. The average Bonchev–Trinajstić information content (AvgIpc) is 2.41. The molecule has 2 saturated heterocycles. The van der Waals surface area contributed by atoms with Crippen LogP contribution in [0.1, 0.15) is 26.2 Å². The second-order valence-corrected chi connectivity index (χ2v) is 6.16. The minimum absolute atomic E-state index is 0.351. The molecule has 0 unspecified atom stereocenters. The molecule has 4 N–H and O–H groups in total. The van der Waals surface area contributed by atoms with Gasteiger partial charge in [-0.1, -0.05) is 6.92 Å². The number of aliphatic hydroxyl groups excluding tert-OH is 1. The summed E-state index contributed by atoms with van der Waals surface area (Å²) in [4.78, 5) is 5.29. The quantitative estimate of drug-likeness (QED) is 0.401. The number of likely N-dealkylation sites (tertiary alicyclic amines) is 1. The van der Waals surface area contributed by atoms with Gasteiger partial charge in [0.1, 0.15) is 32.7 Å². The molecule has 0 saturated carbocycles. The predicted octanol–water partition coefficient (Wildman–Crippen LogP) is -3.78. The molecule has 2 fully saturated rings. The molecule has 0 radical (unpaired) electrons. The Kier molecular flexibility index (Phi) is 5.89. The number of hydrogen-bond acceptors (Lipinski definition) is 1. The van der Waals surface area contributed by atoms with Gasteiger partial charge in [-0.25, -0.2) is 0 Å². The molecule has 18 heavy (non-hydrogen) atoms. The van der Waals surface area contributed by atoms with Gasteiger partial charge >= 0.3 is 0 Å². The third-order valence-electron chi connectivity index (χ3n) is 4.94. The van der Waals surface area contributed by atoms with Crippen molar-refractivity contribution in [3.63, 3.8) is 0 Å². The Morgan fingerprint density at radius 1 is 0.889 bits per heavy atom. The van der Waals surface area contributed by atoms with Crippen LogP contribution in [0.2, 0.25) is 0 Å². The van der Waals surface area contributed by atoms with Gasteiger partial charge in [-0.05, 0) is 6.42 Å². The number of piperidine rings is 1. The summed E-state index contributed by atoms with van der Waals surface area (Å²) in [5.41, 5.74) is 0. The molecule has 2 aliphatic rings. The van der Waals surface area contributed by atoms with Crippen molar-refractivity contribution in [3.8, 4) is 0 Å². The van der Waals surface area contributed by atoms with Crippen molar-refractivity contribution >= 4 is 0 Å². The van der Waals surface area contributed by atoms with Crippen LogP contribution in [-0.4, -0.2) is 70.1 Å². The van der Waals surface area contributed by atoms with Gasteiger partial charge in [0, 0.05) is 12.8 Å². The monoisotopic (exact) mass is 258 g/mol. The fourth-order valence-corrected chi connectivity index (χ4v) is 3.78. The predicted molar refractivity (Wildman–Crippen MR) is 72.2 cm³/mol. The summed E-state index contributed by atoms with van der Waals surface area (Å²) < 4.78 is 0. The first-order chi connectivity index (χ1) is 8.83. The Labute approximate surface area is 112 Å². The lowest BCUT2D eigenvalue weighted by atomic mass is 10.0. The van der Waals surface area contributed by atoms with Crippen LogP contribution in [0.4, 0.5) is 0 Å². The molecule has 2 aliphatic heterocycles. The topological polar surface area (TPSA) is 33.5 Å². The van der Waals surface area contributed by atoms with E-state index in [1.807, 2.05) is 9.80 Å². The molecule has 4 heteroatoms. The molecule has 0 aromatic heterocycles. The summed E-state index contributed by atoms with van der Waals surface area (Å²) in [5, 5.41) is 8.98. The largest absolute Gasteiger partial charge is 0.391 e. The van der Waals surface area contributed by atoms with E-state index >= 15 is 0 Å². The minimum Gasteiger partial charge on any atom is -0.391 e. The fourth-order valence-electron chi connectivity index (χ4n) is 3.78. The van der Waals surface area contributed by atoms with Gasteiger partial charge in [-0.2, -0.15) is 0 Å². The maximum Gasteiger partial charge on any atom is 0.127 e. The molecule has 2 heterocycles. The zero-order valence-electron chi connectivity index (χ0n) is 12.0. The van der Waals surface area contributed by atoms with E-state index in [1.54, 1.807) is 4.90 Å². The summed E-state index contributed by atoms with van der Waals surface area (Å²) in [7, 11) is 0. The van der Waals surface area contributed by atoms with Crippen molar-refractivity contribution in [2.45, 2.75) is 32.2 Å². The lowest BCUT2D eigenvalue weighted by Crippen LogP contribution is -3.30. The Balaban J connectivity index is 1.68. The van der Waals surface area contributed by atoms with Crippen LogP contribution in [0, 0.1) is 0 Å². The van der Waals surface area contributed by atoms with Gasteiger partial charge < -0.3 is 19.8 Å². The van der Waals surface area contributed by atoms with Crippen LogP contribution in [0.3, 0.4) is 0 Å². The minimum atomic E-state index is 0.351. The highest BCUT2D eigenvalue weighted by atomic mass is 16.3.